The Balaban J connectivity index is 1.58. The zero-order chi connectivity index (χ0) is 26.5. The van der Waals surface area contributed by atoms with Crippen molar-refractivity contribution < 1.29 is 23.5 Å². The number of para-hydroxylation sites is 3. The highest BCUT2D eigenvalue weighted by Gasteiger charge is 2.36. The van der Waals surface area contributed by atoms with Gasteiger partial charge in [-0.2, -0.15) is 0 Å². The van der Waals surface area contributed by atoms with Gasteiger partial charge in [-0.3, -0.25) is 14.5 Å². The number of halogens is 1. The maximum atomic E-state index is 15.2. The lowest BCUT2D eigenvalue weighted by atomic mass is 10.0. The molecule has 0 bridgehead atoms. The Morgan fingerprint density at radius 3 is 2.68 bits per heavy atom. The standard InChI is InChI=1S/C28H28FN5O4/c1-37-25-15-7-6-14-24(25)34(26(35)18-33-23-13-5-4-12-22(23)31-32-33)27(20-10-2-3-11-21(20)29)28(36)30-17-19-9-8-16-38-19/h2-7,10-15,19,27H,8-9,16-18H2,1H3,(H,30,36). The molecule has 5 rings (SSSR count). The largest absolute Gasteiger partial charge is 0.495 e. The van der Waals surface area contributed by atoms with Crippen LogP contribution in [0.15, 0.2) is 72.8 Å². The van der Waals surface area contributed by atoms with Gasteiger partial charge >= 0.3 is 0 Å². The summed E-state index contributed by atoms with van der Waals surface area (Å²) in [6, 6.07) is 18.7. The first-order valence-corrected chi connectivity index (χ1v) is 12.4. The Hall–Kier alpha value is -4.31. The van der Waals surface area contributed by atoms with Crippen LogP contribution in [0.2, 0.25) is 0 Å². The number of nitrogens with one attached hydrogen (secondary N) is 1. The molecule has 10 heteroatoms. The number of fused-ring (bicyclic) bond motifs is 1. The van der Waals surface area contributed by atoms with E-state index in [9.17, 15) is 9.59 Å². The first-order valence-electron chi connectivity index (χ1n) is 12.4. The number of carbonyl (C=O) groups is 2. The molecule has 1 aliphatic rings. The minimum Gasteiger partial charge on any atom is -0.495 e. The van der Waals surface area contributed by atoms with Gasteiger partial charge in [0.2, 0.25) is 11.8 Å². The third kappa shape index (κ3) is 5.21. The molecule has 1 fully saturated rings. The number of ether oxygens (including phenoxy) is 2. The molecule has 0 aliphatic carbocycles. The Morgan fingerprint density at radius 2 is 1.89 bits per heavy atom. The number of nitrogens with zero attached hydrogens (tertiary/aromatic N) is 4. The number of benzene rings is 3. The minimum atomic E-state index is -1.32. The van der Waals surface area contributed by atoms with Crippen molar-refractivity contribution >= 4 is 28.5 Å². The molecule has 2 unspecified atom stereocenters. The summed E-state index contributed by atoms with van der Waals surface area (Å²) in [5.41, 5.74) is 1.67. The molecule has 4 aromatic rings. The maximum Gasteiger partial charge on any atom is 0.249 e. The van der Waals surface area contributed by atoms with Gasteiger partial charge in [-0.1, -0.05) is 47.7 Å². The quantitative estimate of drug-likeness (QED) is 0.364. The molecule has 1 aliphatic heterocycles. The highest BCUT2D eigenvalue weighted by atomic mass is 19.1. The third-order valence-corrected chi connectivity index (χ3v) is 6.55. The number of anilines is 1. The monoisotopic (exact) mass is 517 g/mol. The van der Waals surface area contributed by atoms with E-state index in [1.807, 2.05) is 12.1 Å². The highest BCUT2D eigenvalue weighted by Crippen LogP contribution is 2.36. The van der Waals surface area contributed by atoms with E-state index in [0.29, 0.717) is 29.1 Å². The molecule has 1 aromatic heterocycles. The molecule has 1 N–H and O–H groups in total. The van der Waals surface area contributed by atoms with Gasteiger partial charge in [-0.25, -0.2) is 9.07 Å². The molecule has 2 atom stereocenters. The molecule has 9 nitrogen and oxygen atoms in total. The molecule has 196 valence electrons. The Morgan fingerprint density at radius 1 is 1.13 bits per heavy atom. The van der Waals surface area contributed by atoms with Gasteiger partial charge in [0.1, 0.15) is 29.7 Å². The first kappa shape index (κ1) is 25.3. The van der Waals surface area contributed by atoms with Gasteiger partial charge in [0.25, 0.3) is 0 Å². The fourth-order valence-electron chi connectivity index (χ4n) is 4.70. The van der Waals surface area contributed by atoms with E-state index < -0.39 is 23.7 Å². The van der Waals surface area contributed by atoms with Gasteiger partial charge in [0.05, 0.1) is 24.4 Å². The van der Waals surface area contributed by atoms with Crippen LogP contribution in [0.25, 0.3) is 11.0 Å². The van der Waals surface area contributed by atoms with Gasteiger partial charge < -0.3 is 14.8 Å². The van der Waals surface area contributed by atoms with E-state index in [4.69, 9.17) is 9.47 Å². The fourth-order valence-corrected chi connectivity index (χ4v) is 4.70. The molecule has 1 saturated heterocycles. The van der Waals surface area contributed by atoms with Crippen LogP contribution in [0.4, 0.5) is 10.1 Å². The zero-order valence-corrected chi connectivity index (χ0v) is 20.9. The van der Waals surface area contributed by atoms with Crippen LogP contribution < -0.4 is 15.0 Å². The van der Waals surface area contributed by atoms with Crippen LogP contribution in [-0.4, -0.2) is 53.2 Å². The predicted molar refractivity (Wildman–Crippen MR) is 139 cm³/mol. The zero-order valence-electron chi connectivity index (χ0n) is 20.9. The van der Waals surface area contributed by atoms with Crippen LogP contribution in [0.1, 0.15) is 24.4 Å². The van der Waals surface area contributed by atoms with Crippen molar-refractivity contribution in [3.05, 3.63) is 84.2 Å². The molecular formula is C28H28FN5O4. The van der Waals surface area contributed by atoms with Crippen molar-refractivity contribution in [2.45, 2.75) is 31.5 Å². The summed E-state index contributed by atoms with van der Waals surface area (Å²) in [7, 11) is 1.47. The van der Waals surface area contributed by atoms with Gasteiger partial charge in [0, 0.05) is 18.7 Å². The second kappa shape index (κ2) is 11.4. The first-order chi connectivity index (χ1) is 18.6. The van der Waals surface area contributed by atoms with Crippen LogP contribution >= 0.6 is 0 Å². The third-order valence-electron chi connectivity index (χ3n) is 6.55. The van der Waals surface area contributed by atoms with E-state index in [1.165, 1.54) is 34.9 Å². The number of rotatable bonds is 9. The Bertz CT molecular complexity index is 1440. The number of hydrogen-bond acceptors (Lipinski definition) is 6. The lowest BCUT2D eigenvalue weighted by Gasteiger charge is -2.32. The summed E-state index contributed by atoms with van der Waals surface area (Å²) < 4.78 is 27.9. The topological polar surface area (TPSA) is 98.6 Å². The Kier molecular flexibility index (Phi) is 7.60. The van der Waals surface area contributed by atoms with E-state index in [-0.39, 0.29) is 24.8 Å². The molecule has 0 radical (unpaired) electrons. The van der Waals surface area contributed by atoms with Crippen molar-refractivity contribution in [2.75, 3.05) is 25.2 Å². The predicted octanol–water partition coefficient (Wildman–Crippen LogP) is 3.65. The molecule has 0 saturated carbocycles. The molecule has 3 aromatic carbocycles. The van der Waals surface area contributed by atoms with Crippen LogP contribution in [0.3, 0.4) is 0 Å². The van der Waals surface area contributed by atoms with Crippen molar-refractivity contribution in [2.24, 2.45) is 0 Å². The number of carbonyl (C=O) groups excluding carboxylic acids is 2. The minimum absolute atomic E-state index is 0.0556. The second-order valence-corrected chi connectivity index (χ2v) is 8.98. The number of amides is 2. The summed E-state index contributed by atoms with van der Waals surface area (Å²) in [6.07, 6.45) is 1.60. The summed E-state index contributed by atoms with van der Waals surface area (Å²) in [5, 5.41) is 11.1. The average molecular weight is 518 g/mol. The summed E-state index contributed by atoms with van der Waals surface area (Å²) in [4.78, 5) is 29.1. The fraction of sp³-hybridized carbons (Fsp3) is 0.286. The van der Waals surface area contributed by atoms with Crippen molar-refractivity contribution in [3.8, 4) is 5.75 Å². The average Bonchev–Trinajstić information content (AvgIpc) is 3.61. The van der Waals surface area contributed by atoms with E-state index in [2.05, 4.69) is 15.6 Å². The maximum absolute atomic E-state index is 15.2. The van der Waals surface area contributed by atoms with Crippen LogP contribution in [0, 0.1) is 5.82 Å². The number of aromatic nitrogens is 3. The van der Waals surface area contributed by atoms with Gasteiger partial charge in [-0.05, 0) is 43.2 Å². The normalized spacial score (nSPS) is 15.8. The number of hydrogen-bond donors (Lipinski definition) is 1. The summed E-state index contributed by atoms with van der Waals surface area (Å²) in [5.74, 6) is -1.28. The molecular weight excluding hydrogens is 489 g/mol. The molecule has 2 amide bonds. The molecule has 2 heterocycles. The van der Waals surface area contributed by atoms with E-state index >= 15 is 4.39 Å². The van der Waals surface area contributed by atoms with Crippen molar-refractivity contribution in [1.82, 2.24) is 20.3 Å². The van der Waals surface area contributed by atoms with Crippen molar-refractivity contribution in [1.29, 1.82) is 0 Å². The lowest BCUT2D eigenvalue weighted by molar-refractivity contribution is -0.127. The van der Waals surface area contributed by atoms with E-state index in [0.717, 1.165) is 12.8 Å². The number of methoxy groups -OCH3 is 1. The van der Waals surface area contributed by atoms with Crippen molar-refractivity contribution in [3.63, 3.8) is 0 Å². The molecule has 0 spiro atoms. The molecule has 38 heavy (non-hydrogen) atoms. The SMILES string of the molecule is COc1ccccc1N(C(=O)Cn1nnc2ccccc21)C(C(=O)NCC1CCCO1)c1ccccc1F. The summed E-state index contributed by atoms with van der Waals surface area (Å²) >= 11 is 0. The highest BCUT2D eigenvalue weighted by molar-refractivity contribution is 6.02. The van der Waals surface area contributed by atoms with Gasteiger partial charge in [0.15, 0.2) is 0 Å². The van der Waals surface area contributed by atoms with E-state index in [1.54, 1.807) is 42.5 Å². The van der Waals surface area contributed by atoms with Gasteiger partial charge in [-0.15, -0.1) is 5.10 Å². The summed E-state index contributed by atoms with van der Waals surface area (Å²) in [6.45, 7) is 0.656. The Labute approximate surface area is 219 Å². The van der Waals surface area contributed by atoms with Crippen LogP contribution in [0.5, 0.6) is 5.75 Å². The second-order valence-electron chi connectivity index (χ2n) is 8.98. The lowest BCUT2D eigenvalue weighted by Crippen LogP contribution is -2.47. The van der Waals surface area contributed by atoms with Crippen LogP contribution in [-0.2, 0) is 20.9 Å². The smallest absolute Gasteiger partial charge is 0.249 e.